The van der Waals surface area contributed by atoms with Crippen LogP contribution >= 0.6 is 15.9 Å². The lowest BCUT2D eigenvalue weighted by Crippen LogP contribution is -1.94. The molecule has 2 aromatic rings. The van der Waals surface area contributed by atoms with Crippen LogP contribution in [-0.2, 0) is 6.54 Å². The molecule has 0 fully saturated rings. The van der Waals surface area contributed by atoms with E-state index in [0.717, 1.165) is 15.9 Å². The highest BCUT2D eigenvalue weighted by Crippen LogP contribution is 2.17. The van der Waals surface area contributed by atoms with E-state index in [1.165, 1.54) is 0 Å². The van der Waals surface area contributed by atoms with Gasteiger partial charge in [0, 0.05) is 16.6 Å². The molecule has 0 atom stereocenters. The Labute approximate surface area is 90.9 Å². The number of nitrogens with zero attached hydrogens (tertiary/aromatic N) is 3. The lowest BCUT2D eigenvalue weighted by Gasteiger charge is -1.95. The molecule has 0 amide bonds. The van der Waals surface area contributed by atoms with Crippen molar-refractivity contribution in [2.45, 2.75) is 6.54 Å². The van der Waals surface area contributed by atoms with E-state index < -0.39 is 0 Å². The Morgan fingerprint density at radius 3 is 2.57 bits per heavy atom. The van der Waals surface area contributed by atoms with Crippen molar-refractivity contribution in [2.24, 2.45) is 0 Å². The fourth-order valence-corrected chi connectivity index (χ4v) is 1.40. The molecule has 1 heterocycles. The topological polar surface area (TPSA) is 30.7 Å². The molecule has 14 heavy (non-hydrogen) atoms. The van der Waals surface area contributed by atoms with E-state index in [1.807, 2.05) is 24.3 Å². The van der Waals surface area contributed by atoms with E-state index in [9.17, 15) is 0 Å². The molecule has 0 spiro atoms. The summed E-state index contributed by atoms with van der Waals surface area (Å²) in [5, 5.41) is 4.26. The number of hydrogen-bond donors (Lipinski definition) is 0. The number of halogens is 1. The third-order valence-electron chi connectivity index (χ3n) is 1.87. The second-order valence-corrected chi connectivity index (χ2v) is 3.75. The quantitative estimate of drug-likeness (QED) is 0.821. The van der Waals surface area contributed by atoms with Crippen LogP contribution in [0.3, 0.4) is 0 Å². The van der Waals surface area contributed by atoms with Crippen LogP contribution in [0.25, 0.3) is 11.4 Å². The third kappa shape index (κ3) is 1.85. The van der Waals surface area contributed by atoms with Crippen molar-refractivity contribution in [1.29, 1.82) is 0 Å². The van der Waals surface area contributed by atoms with Crippen LogP contribution in [0.2, 0.25) is 0 Å². The molecule has 0 bridgehead atoms. The second-order valence-electron chi connectivity index (χ2n) is 2.84. The summed E-state index contributed by atoms with van der Waals surface area (Å²) in [7, 11) is 0. The van der Waals surface area contributed by atoms with E-state index in [1.54, 1.807) is 11.0 Å². The molecule has 0 aliphatic carbocycles. The van der Waals surface area contributed by atoms with E-state index in [-0.39, 0.29) is 0 Å². The van der Waals surface area contributed by atoms with E-state index in [2.05, 4.69) is 32.9 Å². The highest BCUT2D eigenvalue weighted by atomic mass is 79.9. The SMILES string of the molecule is [CH2]Cn1cnc(-c2ccc(Br)cc2)n1. The summed E-state index contributed by atoms with van der Waals surface area (Å²) in [4.78, 5) is 4.18. The fraction of sp³-hybridized carbons (Fsp3) is 0.100. The van der Waals surface area contributed by atoms with Gasteiger partial charge in [-0.15, -0.1) is 0 Å². The summed E-state index contributed by atoms with van der Waals surface area (Å²) in [6.45, 7) is 4.33. The highest BCUT2D eigenvalue weighted by Gasteiger charge is 2.02. The number of benzene rings is 1. The zero-order chi connectivity index (χ0) is 9.97. The van der Waals surface area contributed by atoms with Crippen molar-refractivity contribution in [3.8, 4) is 11.4 Å². The maximum absolute atomic E-state index is 4.26. The molecule has 71 valence electrons. The molecule has 0 unspecified atom stereocenters. The number of aromatic nitrogens is 3. The Bertz CT molecular complexity index is 419. The number of rotatable bonds is 2. The van der Waals surface area contributed by atoms with Crippen molar-refractivity contribution in [3.05, 3.63) is 42.0 Å². The van der Waals surface area contributed by atoms with Crippen molar-refractivity contribution >= 4 is 15.9 Å². The van der Waals surface area contributed by atoms with Gasteiger partial charge in [0.15, 0.2) is 5.82 Å². The normalized spacial score (nSPS) is 10.4. The lowest BCUT2D eigenvalue weighted by molar-refractivity contribution is 0.699. The molecule has 1 aromatic heterocycles. The van der Waals surface area contributed by atoms with Gasteiger partial charge in [-0.2, -0.15) is 5.10 Å². The van der Waals surface area contributed by atoms with Gasteiger partial charge in [0.05, 0.1) is 0 Å². The van der Waals surface area contributed by atoms with Gasteiger partial charge in [-0.1, -0.05) is 28.1 Å². The molecule has 0 N–H and O–H groups in total. The third-order valence-corrected chi connectivity index (χ3v) is 2.40. The molecule has 1 aromatic carbocycles. The Morgan fingerprint density at radius 2 is 2.00 bits per heavy atom. The van der Waals surface area contributed by atoms with Gasteiger partial charge >= 0.3 is 0 Å². The van der Waals surface area contributed by atoms with Gasteiger partial charge in [-0.05, 0) is 19.1 Å². The first-order valence-electron chi connectivity index (χ1n) is 4.24. The van der Waals surface area contributed by atoms with Crippen molar-refractivity contribution in [3.63, 3.8) is 0 Å². The first-order valence-corrected chi connectivity index (χ1v) is 5.03. The molecular weight excluding hydrogens is 242 g/mol. The first kappa shape index (κ1) is 9.40. The van der Waals surface area contributed by atoms with Crippen LogP contribution in [0.4, 0.5) is 0 Å². The standard InChI is InChI=1S/C10H9BrN3/c1-2-14-7-12-10(13-14)8-3-5-9(11)6-4-8/h3-7H,1-2H2. The smallest absolute Gasteiger partial charge is 0.181 e. The lowest BCUT2D eigenvalue weighted by atomic mass is 10.2. The van der Waals surface area contributed by atoms with Crippen LogP contribution in [0.1, 0.15) is 0 Å². The van der Waals surface area contributed by atoms with E-state index >= 15 is 0 Å². The maximum Gasteiger partial charge on any atom is 0.181 e. The van der Waals surface area contributed by atoms with Crippen molar-refractivity contribution < 1.29 is 0 Å². The summed E-state index contributed by atoms with van der Waals surface area (Å²) in [5.74, 6) is 0.737. The Hall–Kier alpha value is -1.16. The number of hydrogen-bond acceptors (Lipinski definition) is 2. The predicted octanol–water partition coefficient (Wildman–Crippen LogP) is 2.54. The Morgan fingerprint density at radius 1 is 1.29 bits per heavy atom. The van der Waals surface area contributed by atoms with Crippen molar-refractivity contribution in [2.75, 3.05) is 0 Å². The Balaban J connectivity index is 2.34. The minimum absolute atomic E-state index is 0.601. The average Bonchev–Trinajstić information content (AvgIpc) is 2.67. The fourth-order valence-electron chi connectivity index (χ4n) is 1.13. The molecule has 2 rings (SSSR count). The van der Waals surface area contributed by atoms with Gasteiger partial charge in [0.2, 0.25) is 0 Å². The first-order chi connectivity index (χ1) is 6.79. The van der Waals surface area contributed by atoms with Gasteiger partial charge in [0.1, 0.15) is 6.33 Å². The van der Waals surface area contributed by atoms with Crippen LogP contribution in [0, 0.1) is 6.92 Å². The van der Waals surface area contributed by atoms with Gasteiger partial charge in [-0.25, -0.2) is 4.98 Å². The van der Waals surface area contributed by atoms with Gasteiger partial charge in [0.25, 0.3) is 0 Å². The molecule has 1 radical (unpaired) electrons. The van der Waals surface area contributed by atoms with Crippen molar-refractivity contribution in [1.82, 2.24) is 14.8 Å². The molecular formula is C10H9BrN3. The van der Waals surface area contributed by atoms with Crippen LogP contribution in [-0.4, -0.2) is 14.8 Å². The summed E-state index contributed by atoms with van der Waals surface area (Å²) in [6, 6.07) is 7.90. The Kier molecular flexibility index (Phi) is 2.63. The van der Waals surface area contributed by atoms with Crippen LogP contribution < -0.4 is 0 Å². The van der Waals surface area contributed by atoms with E-state index in [0.29, 0.717) is 6.54 Å². The van der Waals surface area contributed by atoms with E-state index in [4.69, 9.17) is 0 Å². The highest BCUT2D eigenvalue weighted by molar-refractivity contribution is 9.10. The zero-order valence-corrected chi connectivity index (χ0v) is 9.11. The molecule has 4 heteroatoms. The zero-order valence-electron chi connectivity index (χ0n) is 7.52. The van der Waals surface area contributed by atoms with Gasteiger partial charge in [-0.3, -0.25) is 4.68 Å². The second kappa shape index (κ2) is 3.92. The summed E-state index contributed by atoms with van der Waals surface area (Å²) in [6.07, 6.45) is 1.68. The van der Waals surface area contributed by atoms with Crippen LogP contribution in [0.5, 0.6) is 0 Å². The minimum Gasteiger partial charge on any atom is -0.252 e. The molecule has 0 saturated carbocycles. The summed E-state index contributed by atoms with van der Waals surface area (Å²) >= 11 is 3.38. The molecule has 0 aliphatic heterocycles. The summed E-state index contributed by atoms with van der Waals surface area (Å²) in [5.41, 5.74) is 1.01. The molecule has 3 nitrogen and oxygen atoms in total. The average molecular weight is 251 g/mol. The largest absolute Gasteiger partial charge is 0.252 e. The van der Waals surface area contributed by atoms with Gasteiger partial charge < -0.3 is 0 Å². The molecule has 0 aliphatic rings. The maximum atomic E-state index is 4.26. The monoisotopic (exact) mass is 250 g/mol. The molecule has 0 saturated heterocycles. The minimum atomic E-state index is 0.601. The summed E-state index contributed by atoms with van der Waals surface area (Å²) < 4.78 is 2.76. The predicted molar refractivity (Wildman–Crippen MR) is 58.5 cm³/mol. The van der Waals surface area contributed by atoms with Crippen LogP contribution in [0.15, 0.2) is 35.1 Å².